The minimum atomic E-state index is -0.403. The van der Waals surface area contributed by atoms with Gasteiger partial charge in [0.05, 0.1) is 26.8 Å². The van der Waals surface area contributed by atoms with Gasteiger partial charge in [-0.05, 0) is 47.5 Å². The van der Waals surface area contributed by atoms with Gasteiger partial charge in [-0.2, -0.15) is 0 Å². The van der Waals surface area contributed by atoms with Crippen molar-refractivity contribution in [2.75, 3.05) is 26.1 Å². The van der Waals surface area contributed by atoms with Crippen molar-refractivity contribution in [3.05, 3.63) is 94.5 Å². The van der Waals surface area contributed by atoms with Gasteiger partial charge in [0.1, 0.15) is 5.75 Å². The van der Waals surface area contributed by atoms with Gasteiger partial charge in [0.2, 0.25) is 0 Å². The molecule has 0 radical (unpaired) electrons. The Kier molecular flexibility index (Phi) is 7.65. The molecule has 0 aliphatic carbocycles. The van der Waals surface area contributed by atoms with Crippen LogP contribution >= 0.6 is 11.6 Å². The Balaban J connectivity index is 1.96. The summed E-state index contributed by atoms with van der Waals surface area (Å²) in [6.45, 7) is -0.00809. The maximum Gasteiger partial charge on any atom is 0.319 e. The quantitative estimate of drug-likeness (QED) is 0.508. The minimum Gasteiger partial charge on any atom is -0.497 e. The predicted molar refractivity (Wildman–Crippen MR) is 121 cm³/mol. The summed E-state index contributed by atoms with van der Waals surface area (Å²) in [5.74, 6) is -0.0990. The van der Waals surface area contributed by atoms with E-state index < -0.39 is 12.0 Å². The highest BCUT2D eigenvalue weighted by Crippen LogP contribution is 2.31. The average molecular weight is 439 g/mol. The minimum absolute atomic E-state index is 0.00809. The number of hydrogen-bond donors (Lipinski definition) is 2. The maximum absolute atomic E-state index is 12.9. The molecule has 0 spiro atoms. The summed E-state index contributed by atoms with van der Waals surface area (Å²) in [5, 5.41) is 6.65. The number of nitrogens with one attached hydrogen (secondary N) is 2. The average Bonchev–Trinajstić information content (AvgIpc) is 2.81. The van der Waals surface area contributed by atoms with Crippen LogP contribution in [0.15, 0.2) is 72.8 Å². The van der Waals surface area contributed by atoms with Gasteiger partial charge in [-0.25, -0.2) is 0 Å². The zero-order valence-corrected chi connectivity index (χ0v) is 18.0. The topological polar surface area (TPSA) is 76.7 Å². The van der Waals surface area contributed by atoms with Crippen molar-refractivity contribution in [3.63, 3.8) is 0 Å². The second kappa shape index (κ2) is 10.6. The molecule has 0 bridgehead atoms. The zero-order chi connectivity index (χ0) is 22.2. The molecule has 3 aromatic carbocycles. The Hall–Kier alpha value is -3.35. The van der Waals surface area contributed by atoms with Gasteiger partial charge in [-0.1, -0.05) is 48.0 Å². The molecule has 0 saturated carbocycles. The van der Waals surface area contributed by atoms with E-state index in [-0.39, 0.29) is 12.5 Å². The second-order valence-electron chi connectivity index (χ2n) is 6.72. The van der Waals surface area contributed by atoms with Crippen LogP contribution in [0.5, 0.6) is 5.75 Å². The molecule has 1 atom stereocenters. The Labute approximate surface area is 186 Å². The monoisotopic (exact) mass is 438 g/mol. The van der Waals surface area contributed by atoms with Crippen LogP contribution in [-0.4, -0.2) is 32.6 Å². The number of hydrogen-bond acceptors (Lipinski definition) is 5. The lowest BCUT2D eigenvalue weighted by atomic mass is 9.96. The van der Waals surface area contributed by atoms with Gasteiger partial charge in [-0.3, -0.25) is 14.9 Å². The number of rotatable bonds is 8. The number of anilines is 1. The highest BCUT2D eigenvalue weighted by molar-refractivity contribution is 6.30. The summed E-state index contributed by atoms with van der Waals surface area (Å²) in [7, 11) is 2.88. The SMILES string of the molecule is COC(=O)CN[C@@H](c1ccccc1)c1cc(Cl)ccc1NC(=O)c1cccc(OC)c1. The van der Waals surface area contributed by atoms with E-state index in [1.807, 2.05) is 30.3 Å². The van der Waals surface area contributed by atoms with Crippen LogP contribution in [0.1, 0.15) is 27.5 Å². The van der Waals surface area contributed by atoms with E-state index in [2.05, 4.69) is 10.6 Å². The number of halogens is 1. The standard InChI is InChI=1S/C24H23ClN2O4/c1-30-19-10-6-9-17(13-19)24(29)27-21-12-11-18(25)14-20(21)23(26-15-22(28)31-2)16-7-4-3-5-8-16/h3-14,23,26H,15H2,1-2H3,(H,27,29)/t23-/m0/s1. The lowest BCUT2D eigenvalue weighted by Gasteiger charge is -2.23. The van der Waals surface area contributed by atoms with Crippen LogP contribution in [0, 0.1) is 0 Å². The molecule has 0 heterocycles. The number of amides is 1. The Morgan fingerprint density at radius 1 is 0.968 bits per heavy atom. The molecular formula is C24H23ClN2O4. The summed E-state index contributed by atoms with van der Waals surface area (Å²) in [6, 6.07) is 21.3. The molecule has 0 saturated heterocycles. The highest BCUT2D eigenvalue weighted by atomic mass is 35.5. The summed E-state index contributed by atoms with van der Waals surface area (Å²) < 4.78 is 9.97. The molecule has 0 aliphatic rings. The van der Waals surface area contributed by atoms with Gasteiger partial charge in [0, 0.05) is 16.3 Å². The van der Waals surface area contributed by atoms with Crippen molar-refractivity contribution in [2.45, 2.75) is 6.04 Å². The fraction of sp³-hybridized carbons (Fsp3) is 0.167. The van der Waals surface area contributed by atoms with E-state index in [9.17, 15) is 9.59 Å². The first-order valence-corrected chi connectivity index (χ1v) is 9.99. The van der Waals surface area contributed by atoms with Crippen LogP contribution in [0.4, 0.5) is 5.69 Å². The summed E-state index contributed by atoms with van der Waals surface area (Å²) in [5.41, 5.74) is 2.66. The number of ether oxygens (including phenoxy) is 2. The van der Waals surface area contributed by atoms with Gasteiger partial charge >= 0.3 is 5.97 Å². The number of benzene rings is 3. The van der Waals surface area contributed by atoms with Crippen LogP contribution in [0.3, 0.4) is 0 Å². The van der Waals surface area contributed by atoms with E-state index in [1.165, 1.54) is 7.11 Å². The van der Waals surface area contributed by atoms with Crippen molar-refractivity contribution in [3.8, 4) is 5.75 Å². The fourth-order valence-corrected chi connectivity index (χ4v) is 3.34. The summed E-state index contributed by atoms with van der Waals surface area (Å²) in [4.78, 5) is 24.7. The first-order chi connectivity index (χ1) is 15.0. The molecule has 0 fully saturated rings. The molecule has 3 aromatic rings. The predicted octanol–water partition coefficient (Wildman–Crippen LogP) is 4.45. The lowest BCUT2D eigenvalue weighted by molar-refractivity contribution is -0.139. The maximum atomic E-state index is 12.9. The van der Waals surface area contributed by atoms with E-state index in [1.54, 1.807) is 49.6 Å². The Bertz CT molecular complexity index is 1060. The molecular weight excluding hydrogens is 416 g/mol. The van der Waals surface area contributed by atoms with E-state index >= 15 is 0 Å². The third kappa shape index (κ3) is 5.84. The smallest absolute Gasteiger partial charge is 0.319 e. The van der Waals surface area contributed by atoms with Crippen molar-refractivity contribution >= 4 is 29.2 Å². The molecule has 31 heavy (non-hydrogen) atoms. The number of carbonyl (C=O) groups is 2. The van der Waals surface area contributed by atoms with Crippen molar-refractivity contribution in [1.29, 1.82) is 0 Å². The zero-order valence-electron chi connectivity index (χ0n) is 17.2. The molecule has 1 amide bonds. The van der Waals surface area contributed by atoms with Crippen molar-refractivity contribution < 1.29 is 19.1 Å². The molecule has 6 nitrogen and oxygen atoms in total. The van der Waals surface area contributed by atoms with Crippen LogP contribution < -0.4 is 15.4 Å². The van der Waals surface area contributed by atoms with E-state index in [0.29, 0.717) is 22.0 Å². The normalized spacial score (nSPS) is 11.5. The molecule has 0 aromatic heterocycles. The molecule has 160 valence electrons. The van der Waals surface area contributed by atoms with Crippen molar-refractivity contribution in [1.82, 2.24) is 5.32 Å². The van der Waals surface area contributed by atoms with Gasteiger partial charge in [0.25, 0.3) is 5.91 Å². The summed E-state index contributed by atoms with van der Waals surface area (Å²) >= 11 is 6.28. The third-order valence-electron chi connectivity index (χ3n) is 4.72. The molecule has 0 unspecified atom stereocenters. The van der Waals surface area contributed by atoms with E-state index in [4.69, 9.17) is 21.1 Å². The molecule has 3 rings (SSSR count). The Morgan fingerprint density at radius 3 is 2.45 bits per heavy atom. The van der Waals surface area contributed by atoms with E-state index in [0.717, 1.165) is 11.1 Å². The first-order valence-electron chi connectivity index (χ1n) is 9.62. The van der Waals surface area contributed by atoms with Crippen LogP contribution in [0.25, 0.3) is 0 Å². The molecule has 0 aliphatic heterocycles. The van der Waals surface area contributed by atoms with Gasteiger partial charge in [0.15, 0.2) is 0 Å². The number of methoxy groups -OCH3 is 2. The lowest BCUT2D eigenvalue weighted by Crippen LogP contribution is -2.30. The first kappa shape index (κ1) is 22.3. The fourth-order valence-electron chi connectivity index (χ4n) is 3.16. The number of esters is 1. The largest absolute Gasteiger partial charge is 0.497 e. The second-order valence-corrected chi connectivity index (χ2v) is 7.15. The summed E-state index contributed by atoms with van der Waals surface area (Å²) in [6.07, 6.45) is 0. The Morgan fingerprint density at radius 2 is 1.74 bits per heavy atom. The third-order valence-corrected chi connectivity index (χ3v) is 4.95. The van der Waals surface area contributed by atoms with Gasteiger partial charge in [-0.15, -0.1) is 0 Å². The molecule has 7 heteroatoms. The highest BCUT2D eigenvalue weighted by Gasteiger charge is 2.20. The number of carbonyl (C=O) groups excluding carboxylic acids is 2. The van der Waals surface area contributed by atoms with Gasteiger partial charge < -0.3 is 14.8 Å². The molecule has 2 N–H and O–H groups in total. The van der Waals surface area contributed by atoms with Crippen molar-refractivity contribution in [2.24, 2.45) is 0 Å². The van der Waals surface area contributed by atoms with Crippen LogP contribution in [0.2, 0.25) is 5.02 Å². The van der Waals surface area contributed by atoms with Crippen LogP contribution in [-0.2, 0) is 9.53 Å².